The first-order valence-electron chi connectivity index (χ1n) is 10.5. The third kappa shape index (κ3) is 3.68. The zero-order valence-corrected chi connectivity index (χ0v) is 18.1. The van der Waals surface area contributed by atoms with Crippen molar-refractivity contribution < 1.29 is 9.53 Å². The minimum Gasteiger partial charge on any atom is -0.464 e. The van der Waals surface area contributed by atoms with E-state index >= 15 is 0 Å². The van der Waals surface area contributed by atoms with E-state index in [0.717, 1.165) is 47.2 Å². The van der Waals surface area contributed by atoms with Crippen LogP contribution in [0.25, 0.3) is 11.1 Å². The van der Waals surface area contributed by atoms with E-state index in [2.05, 4.69) is 44.2 Å². The van der Waals surface area contributed by atoms with Crippen LogP contribution in [0.4, 0.5) is 5.95 Å². The maximum absolute atomic E-state index is 12.3. The lowest BCUT2D eigenvalue weighted by Crippen LogP contribution is -2.37. The van der Waals surface area contributed by atoms with Crippen LogP contribution in [0.1, 0.15) is 52.5 Å². The molecule has 3 aromatic rings. The van der Waals surface area contributed by atoms with E-state index in [-0.39, 0.29) is 17.3 Å². The van der Waals surface area contributed by atoms with Gasteiger partial charge in [0, 0.05) is 48.5 Å². The van der Waals surface area contributed by atoms with Crippen LogP contribution in [0.2, 0.25) is 0 Å². The fourth-order valence-corrected chi connectivity index (χ4v) is 4.41. The molecule has 1 aliphatic rings. The third-order valence-corrected chi connectivity index (χ3v) is 6.23. The fraction of sp³-hybridized carbons (Fsp3) is 0.292. The minimum atomic E-state index is -0.428. The number of carbonyl (C=O) groups excluding carboxylic acids is 1. The molecule has 2 heterocycles. The molecule has 1 saturated carbocycles. The van der Waals surface area contributed by atoms with Gasteiger partial charge in [0.1, 0.15) is 5.69 Å². The normalized spacial score (nSPS) is 15.8. The standard InChI is InChI=1S/C24H26N6O2/c1-27-12-16(11-25)19-10-20(22(31)32-2)30-21(19)24(8-3-9-24)18-6-4-15(5-7-18)17-13-28-23(26)29-14-17/h4-7,10-14,16,25,30H,3,8-9H2,1-2H3,(H2,26,28,29). The zero-order chi connectivity index (χ0) is 22.7. The number of esters is 1. The average Bonchev–Trinajstić information content (AvgIpc) is 3.22. The highest BCUT2D eigenvalue weighted by atomic mass is 16.5. The second-order valence-corrected chi connectivity index (χ2v) is 7.95. The summed E-state index contributed by atoms with van der Waals surface area (Å²) in [4.78, 5) is 27.9. The van der Waals surface area contributed by atoms with Crippen molar-refractivity contribution in [3.63, 3.8) is 0 Å². The Morgan fingerprint density at radius 2 is 1.94 bits per heavy atom. The Hall–Kier alpha value is -3.81. The smallest absolute Gasteiger partial charge is 0.354 e. The number of methoxy groups -OCH3 is 1. The monoisotopic (exact) mass is 430 g/mol. The molecular formula is C24H26N6O2. The van der Waals surface area contributed by atoms with Crippen LogP contribution in [0.5, 0.6) is 0 Å². The molecule has 4 N–H and O–H groups in total. The van der Waals surface area contributed by atoms with E-state index in [0.29, 0.717) is 5.69 Å². The van der Waals surface area contributed by atoms with Gasteiger partial charge in [0.25, 0.3) is 0 Å². The highest BCUT2D eigenvalue weighted by Gasteiger charge is 2.44. The van der Waals surface area contributed by atoms with Crippen LogP contribution in [0.3, 0.4) is 0 Å². The van der Waals surface area contributed by atoms with Gasteiger partial charge in [0.05, 0.1) is 13.0 Å². The maximum Gasteiger partial charge on any atom is 0.354 e. The van der Waals surface area contributed by atoms with Gasteiger partial charge in [-0.1, -0.05) is 30.7 Å². The van der Waals surface area contributed by atoms with Gasteiger partial charge in [-0.05, 0) is 35.6 Å². The van der Waals surface area contributed by atoms with Gasteiger partial charge in [0.2, 0.25) is 5.95 Å². The largest absolute Gasteiger partial charge is 0.464 e. The molecule has 0 saturated heterocycles. The summed E-state index contributed by atoms with van der Waals surface area (Å²) in [6, 6.07) is 10.1. The molecule has 1 aliphatic carbocycles. The predicted octanol–water partition coefficient (Wildman–Crippen LogP) is 3.74. The van der Waals surface area contributed by atoms with Gasteiger partial charge in [0.15, 0.2) is 0 Å². The van der Waals surface area contributed by atoms with Gasteiger partial charge in [-0.15, -0.1) is 0 Å². The fourth-order valence-electron chi connectivity index (χ4n) is 4.41. The number of aromatic nitrogens is 3. The number of hydrogen-bond donors (Lipinski definition) is 3. The van der Waals surface area contributed by atoms with Gasteiger partial charge >= 0.3 is 5.97 Å². The summed E-state index contributed by atoms with van der Waals surface area (Å²) in [7, 11) is 3.05. The number of ether oxygens (including phenoxy) is 1. The molecular weight excluding hydrogens is 404 g/mol. The Morgan fingerprint density at radius 3 is 2.47 bits per heavy atom. The first-order valence-corrected chi connectivity index (χ1v) is 10.5. The Kier molecular flexibility index (Phi) is 5.85. The van der Waals surface area contributed by atoms with E-state index in [1.165, 1.54) is 13.3 Å². The van der Waals surface area contributed by atoms with Gasteiger partial charge < -0.3 is 20.9 Å². The van der Waals surface area contributed by atoms with Crippen LogP contribution in [-0.2, 0) is 10.2 Å². The Morgan fingerprint density at radius 1 is 1.25 bits per heavy atom. The van der Waals surface area contributed by atoms with E-state index in [1.807, 2.05) is 0 Å². The quantitative estimate of drug-likeness (QED) is 0.388. The first kappa shape index (κ1) is 21.4. The van der Waals surface area contributed by atoms with Crippen molar-refractivity contribution in [3.8, 4) is 11.1 Å². The molecule has 1 unspecified atom stereocenters. The van der Waals surface area contributed by atoms with Crippen molar-refractivity contribution >= 4 is 24.3 Å². The summed E-state index contributed by atoms with van der Waals surface area (Å²) in [5, 5.41) is 7.91. The molecule has 8 heteroatoms. The molecule has 0 bridgehead atoms. The third-order valence-electron chi connectivity index (χ3n) is 6.23. The molecule has 0 radical (unpaired) electrons. The zero-order valence-electron chi connectivity index (χ0n) is 18.1. The molecule has 0 spiro atoms. The summed E-state index contributed by atoms with van der Waals surface area (Å²) < 4.78 is 4.94. The highest BCUT2D eigenvalue weighted by molar-refractivity contribution is 5.93. The number of anilines is 1. The predicted molar refractivity (Wildman–Crippen MR) is 125 cm³/mol. The van der Waals surface area contributed by atoms with E-state index < -0.39 is 5.97 Å². The Bertz CT molecular complexity index is 1140. The number of nitrogens with two attached hydrogens (primary N) is 1. The first-order chi connectivity index (χ1) is 15.5. The van der Waals surface area contributed by atoms with E-state index in [4.69, 9.17) is 15.9 Å². The number of nitrogens with one attached hydrogen (secondary N) is 2. The summed E-state index contributed by atoms with van der Waals surface area (Å²) in [6.45, 7) is 0. The lowest BCUT2D eigenvalue weighted by molar-refractivity contribution is 0.0594. The summed E-state index contributed by atoms with van der Waals surface area (Å²) in [5.41, 5.74) is 10.6. The molecule has 8 nitrogen and oxygen atoms in total. The SMILES string of the molecule is CN=CC(C=N)c1cc(C(=O)OC)[nH]c1C1(c2ccc(-c3cnc(N)nc3)cc2)CCC1. The number of aromatic amines is 1. The van der Waals surface area contributed by atoms with Crippen molar-refractivity contribution in [1.29, 1.82) is 5.41 Å². The van der Waals surface area contributed by atoms with Crippen LogP contribution >= 0.6 is 0 Å². The molecule has 164 valence electrons. The van der Waals surface area contributed by atoms with E-state index in [9.17, 15) is 4.79 Å². The number of benzene rings is 1. The van der Waals surface area contributed by atoms with Crippen molar-refractivity contribution in [1.82, 2.24) is 15.0 Å². The van der Waals surface area contributed by atoms with Gasteiger partial charge in [-0.2, -0.15) is 0 Å². The average molecular weight is 431 g/mol. The molecule has 0 amide bonds. The maximum atomic E-state index is 12.3. The second kappa shape index (κ2) is 8.74. The van der Waals surface area contributed by atoms with Gasteiger partial charge in [-0.25, -0.2) is 14.8 Å². The summed E-state index contributed by atoms with van der Waals surface area (Å²) in [6.07, 6.45) is 9.45. The molecule has 2 aromatic heterocycles. The summed E-state index contributed by atoms with van der Waals surface area (Å²) in [5.74, 6) is -0.507. The molecule has 32 heavy (non-hydrogen) atoms. The molecule has 4 rings (SSSR count). The lowest BCUT2D eigenvalue weighted by atomic mass is 9.61. The molecule has 1 atom stereocenters. The van der Waals surface area contributed by atoms with Crippen molar-refractivity contribution in [3.05, 3.63) is 65.2 Å². The van der Waals surface area contributed by atoms with Crippen LogP contribution < -0.4 is 5.73 Å². The lowest BCUT2D eigenvalue weighted by Gasteiger charge is -2.43. The second-order valence-electron chi connectivity index (χ2n) is 7.95. The number of H-pyrrole nitrogens is 1. The number of hydrogen-bond acceptors (Lipinski definition) is 7. The Labute approximate surface area is 186 Å². The van der Waals surface area contributed by atoms with Gasteiger partial charge in [-0.3, -0.25) is 4.99 Å². The minimum absolute atomic E-state index is 0.246. The van der Waals surface area contributed by atoms with Crippen molar-refractivity contribution in [2.45, 2.75) is 30.6 Å². The van der Waals surface area contributed by atoms with Crippen LogP contribution in [0, 0.1) is 5.41 Å². The van der Waals surface area contributed by atoms with E-state index in [1.54, 1.807) is 31.7 Å². The summed E-state index contributed by atoms with van der Waals surface area (Å²) >= 11 is 0. The Balaban J connectivity index is 1.78. The molecule has 0 aliphatic heterocycles. The number of nitrogen functional groups attached to an aromatic ring is 1. The number of aliphatic imine (C=N–C) groups is 1. The number of rotatable bonds is 7. The topological polar surface area (TPSA) is 130 Å². The van der Waals surface area contributed by atoms with Crippen LogP contribution in [-0.4, -0.2) is 47.5 Å². The van der Waals surface area contributed by atoms with Crippen molar-refractivity contribution in [2.24, 2.45) is 4.99 Å². The molecule has 1 aromatic carbocycles. The van der Waals surface area contributed by atoms with Crippen molar-refractivity contribution in [2.75, 3.05) is 19.9 Å². The van der Waals surface area contributed by atoms with Crippen LogP contribution in [0.15, 0.2) is 47.7 Å². The molecule has 1 fully saturated rings. The highest BCUT2D eigenvalue weighted by Crippen LogP contribution is 2.50. The number of nitrogens with zero attached hydrogens (tertiary/aromatic N) is 3. The number of carbonyl (C=O) groups is 1.